The molecule has 0 saturated carbocycles. The van der Waals surface area contributed by atoms with E-state index in [1.807, 2.05) is 0 Å². The van der Waals surface area contributed by atoms with Crippen LogP contribution in [0.2, 0.25) is 23.2 Å². The van der Waals surface area contributed by atoms with Crippen molar-refractivity contribution in [1.82, 2.24) is 4.90 Å². The molecule has 2 heterocycles. The zero-order chi connectivity index (χ0) is 27.1. The van der Waals surface area contributed by atoms with Gasteiger partial charge in [-0.1, -0.05) is 102 Å². The molecule has 2 aliphatic heterocycles. The molecule has 3 atom stereocenters. The molecular formula is C31H47NO3Si2. The first kappa shape index (κ1) is 28.3. The SMILES string of the molecule is CC(C)(C)[Si](C)(C)O[C@H]1CCC(=O)N2[C@H](CO[Si](c3ccccc3)(c3ccccc3)C(C)(C)C)CC[C@@H]12. The van der Waals surface area contributed by atoms with E-state index in [1.165, 1.54) is 10.4 Å². The number of fused-ring (bicyclic) bond motifs is 1. The van der Waals surface area contributed by atoms with Crippen molar-refractivity contribution >= 4 is 32.9 Å². The normalized spacial score (nSPS) is 23.3. The fourth-order valence-electron chi connectivity index (χ4n) is 6.09. The fraction of sp³-hybridized carbons (Fsp3) is 0.581. The van der Waals surface area contributed by atoms with Crippen LogP contribution in [0.5, 0.6) is 0 Å². The van der Waals surface area contributed by atoms with Crippen molar-refractivity contribution in [3.05, 3.63) is 60.7 Å². The van der Waals surface area contributed by atoms with Gasteiger partial charge in [-0.25, -0.2) is 0 Å². The van der Waals surface area contributed by atoms with E-state index in [1.54, 1.807) is 0 Å². The summed E-state index contributed by atoms with van der Waals surface area (Å²) < 4.78 is 14.2. The monoisotopic (exact) mass is 537 g/mol. The second kappa shape index (κ2) is 10.4. The molecule has 6 heteroatoms. The van der Waals surface area contributed by atoms with Crippen molar-refractivity contribution in [2.45, 2.75) is 109 Å². The number of piperidine rings is 1. The van der Waals surface area contributed by atoms with Crippen molar-refractivity contribution in [2.24, 2.45) is 0 Å². The number of rotatable bonds is 7. The number of hydrogen-bond acceptors (Lipinski definition) is 3. The molecule has 2 saturated heterocycles. The summed E-state index contributed by atoms with van der Waals surface area (Å²) in [7, 11) is -4.56. The number of carbonyl (C=O) groups excluding carboxylic acids is 1. The third-order valence-electron chi connectivity index (χ3n) is 9.07. The Bertz CT molecular complexity index is 1020. The molecule has 2 aromatic rings. The van der Waals surface area contributed by atoms with E-state index in [0.29, 0.717) is 13.0 Å². The van der Waals surface area contributed by atoms with Crippen LogP contribution in [0.4, 0.5) is 0 Å². The van der Waals surface area contributed by atoms with Gasteiger partial charge in [0, 0.05) is 6.42 Å². The Labute approximate surface area is 227 Å². The number of hydrogen-bond donors (Lipinski definition) is 0. The fourth-order valence-corrected chi connectivity index (χ4v) is 12.1. The minimum Gasteiger partial charge on any atom is -0.412 e. The second-order valence-electron chi connectivity index (χ2n) is 13.5. The standard InChI is InChI=1S/C31H47NO3Si2/c1-30(2,3)36(7,8)35-28-21-22-29(33)32-24(19-20-27(28)32)23-34-37(31(4,5)6,25-15-11-9-12-16-25)26-17-13-10-14-18-26/h9-18,24,27-28H,19-23H2,1-8H3/t24-,27-,28-/m0/s1. The van der Waals surface area contributed by atoms with Crippen LogP contribution in [0, 0.1) is 0 Å². The van der Waals surface area contributed by atoms with Gasteiger partial charge in [0.05, 0.1) is 24.8 Å². The average Bonchev–Trinajstić information content (AvgIpc) is 3.26. The molecule has 0 unspecified atom stereocenters. The quantitative estimate of drug-likeness (QED) is 0.400. The Balaban J connectivity index is 1.62. The number of nitrogens with zero attached hydrogens (tertiary/aromatic N) is 1. The molecule has 0 spiro atoms. The first-order chi connectivity index (χ1) is 17.3. The highest BCUT2D eigenvalue weighted by Crippen LogP contribution is 2.42. The minimum absolute atomic E-state index is 0.0758. The summed E-state index contributed by atoms with van der Waals surface area (Å²) in [6, 6.07) is 21.8. The largest absolute Gasteiger partial charge is 0.412 e. The van der Waals surface area contributed by atoms with Crippen LogP contribution >= 0.6 is 0 Å². The van der Waals surface area contributed by atoms with Gasteiger partial charge in [-0.2, -0.15) is 0 Å². The van der Waals surface area contributed by atoms with Gasteiger partial charge in [0.15, 0.2) is 8.32 Å². The van der Waals surface area contributed by atoms with Crippen LogP contribution in [-0.4, -0.2) is 52.2 Å². The van der Waals surface area contributed by atoms with Crippen molar-refractivity contribution in [1.29, 1.82) is 0 Å². The molecule has 4 nitrogen and oxygen atoms in total. The van der Waals surface area contributed by atoms with E-state index in [2.05, 4.69) is 120 Å². The van der Waals surface area contributed by atoms with E-state index in [4.69, 9.17) is 8.85 Å². The van der Waals surface area contributed by atoms with Crippen LogP contribution in [0.25, 0.3) is 0 Å². The average molecular weight is 538 g/mol. The molecule has 0 aliphatic carbocycles. The number of benzene rings is 2. The van der Waals surface area contributed by atoms with Crippen LogP contribution < -0.4 is 10.4 Å². The van der Waals surface area contributed by atoms with Gasteiger partial charge in [-0.15, -0.1) is 0 Å². The van der Waals surface area contributed by atoms with Crippen LogP contribution in [0.1, 0.15) is 67.2 Å². The van der Waals surface area contributed by atoms with E-state index in [0.717, 1.165) is 19.3 Å². The second-order valence-corrected chi connectivity index (χ2v) is 22.6. The Hall–Kier alpha value is -1.74. The summed E-state index contributed by atoms with van der Waals surface area (Å²) in [5, 5.41) is 2.65. The number of carbonyl (C=O) groups is 1. The van der Waals surface area contributed by atoms with Gasteiger partial charge in [0.1, 0.15) is 0 Å². The molecule has 2 aliphatic rings. The van der Waals surface area contributed by atoms with Gasteiger partial charge in [0.25, 0.3) is 8.32 Å². The third-order valence-corrected chi connectivity index (χ3v) is 18.6. The lowest BCUT2D eigenvalue weighted by Gasteiger charge is -2.47. The predicted molar refractivity (Wildman–Crippen MR) is 159 cm³/mol. The minimum atomic E-state index is -2.64. The highest BCUT2D eigenvalue weighted by molar-refractivity contribution is 6.99. The van der Waals surface area contributed by atoms with E-state index < -0.39 is 16.6 Å². The zero-order valence-electron chi connectivity index (χ0n) is 24.2. The highest BCUT2D eigenvalue weighted by atomic mass is 28.4. The molecule has 2 fully saturated rings. The maximum Gasteiger partial charge on any atom is 0.261 e. The molecule has 0 radical (unpaired) electrons. The van der Waals surface area contributed by atoms with E-state index >= 15 is 0 Å². The van der Waals surface area contributed by atoms with E-state index in [9.17, 15) is 4.79 Å². The Morgan fingerprint density at radius 3 is 1.84 bits per heavy atom. The molecular weight excluding hydrogens is 491 g/mol. The molecule has 0 aromatic heterocycles. The summed E-state index contributed by atoms with van der Waals surface area (Å²) in [5.74, 6) is 0.272. The molecule has 2 aromatic carbocycles. The number of amides is 1. The van der Waals surface area contributed by atoms with Crippen molar-refractivity contribution in [3.8, 4) is 0 Å². The molecule has 0 bridgehead atoms. The topological polar surface area (TPSA) is 38.8 Å². The van der Waals surface area contributed by atoms with Crippen molar-refractivity contribution < 1.29 is 13.6 Å². The highest BCUT2D eigenvalue weighted by Gasteiger charge is 2.52. The van der Waals surface area contributed by atoms with E-state index in [-0.39, 0.29) is 34.2 Å². The Morgan fingerprint density at radius 2 is 1.35 bits per heavy atom. The van der Waals surface area contributed by atoms with Crippen molar-refractivity contribution in [2.75, 3.05) is 6.61 Å². The zero-order valence-corrected chi connectivity index (χ0v) is 26.2. The lowest BCUT2D eigenvalue weighted by molar-refractivity contribution is -0.142. The maximum absolute atomic E-state index is 13.3. The van der Waals surface area contributed by atoms with Crippen LogP contribution in [0.15, 0.2) is 60.7 Å². The smallest absolute Gasteiger partial charge is 0.261 e. The van der Waals surface area contributed by atoms with Gasteiger partial charge in [-0.3, -0.25) is 4.79 Å². The molecule has 1 amide bonds. The molecule has 0 N–H and O–H groups in total. The first-order valence-electron chi connectivity index (χ1n) is 14.0. The summed E-state index contributed by atoms with van der Waals surface area (Å²) in [4.78, 5) is 15.5. The summed E-state index contributed by atoms with van der Waals surface area (Å²) >= 11 is 0. The Morgan fingerprint density at radius 1 is 0.811 bits per heavy atom. The molecule has 37 heavy (non-hydrogen) atoms. The first-order valence-corrected chi connectivity index (χ1v) is 18.8. The van der Waals surface area contributed by atoms with Gasteiger partial charge < -0.3 is 13.8 Å². The van der Waals surface area contributed by atoms with Crippen LogP contribution in [0.3, 0.4) is 0 Å². The lowest BCUT2D eigenvalue weighted by atomic mass is 9.99. The molecule has 4 rings (SSSR count). The van der Waals surface area contributed by atoms with Gasteiger partial charge in [0.2, 0.25) is 5.91 Å². The van der Waals surface area contributed by atoms with Crippen LogP contribution in [-0.2, 0) is 13.6 Å². The third kappa shape index (κ3) is 5.40. The van der Waals surface area contributed by atoms with Crippen molar-refractivity contribution in [3.63, 3.8) is 0 Å². The Kier molecular flexibility index (Phi) is 7.98. The maximum atomic E-state index is 13.3. The molecule has 202 valence electrons. The summed E-state index contributed by atoms with van der Waals surface area (Å²) in [5.41, 5.74) is 0. The summed E-state index contributed by atoms with van der Waals surface area (Å²) in [6.45, 7) is 19.0. The van der Waals surface area contributed by atoms with Gasteiger partial charge >= 0.3 is 0 Å². The summed E-state index contributed by atoms with van der Waals surface area (Å²) in [6.07, 6.45) is 3.53. The lowest BCUT2D eigenvalue weighted by Crippen LogP contribution is -2.67. The van der Waals surface area contributed by atoms with Gasteiger partial charge in [-0.05, 0) is 52.8 Å². The predicted octanol–water partition coefficient (Wildman–Crippen LogP) is 6.11.